The summed E-state index contributed by atoms with van der Waals surface area (Å²) >= 11 is 0. The van der Waals surface area contributed by atoms with Crippen LogP contribution in [0.2, 0.25) is 0 Å². The van der Waals surface area contributed by atoms with Crippen LogP contribution in [0, 0.1) is 6.92 Å². The zero-order valence-corrected chi connectivity index (χ0v) is 17.5. The molecule has 0 radical (unpaired) electrons. The summed E-state index contributed by atoms with van der Waals surface area (Å²) in [5, 5.41) is 10.7. The fourth-order valence-electron chi connectivity index (χ4n) is 3.57. The highest BCUT2D eigenvalue weighted by Gasteiger charge is 2.27. The molecule has 1 saturated heterocycles. The van der Waals surface area contributed by atoms with Crippen molar-refractivity contribution in [1.82, 2.24) is 19.3 Å². The number of anilines is 1. The zero-order valence-electron chi connectivity index (χ0n) is 16.7. The maximum Gasteiger partial charge on any atom is 0.256 e. The first-order valence-electron chi connectivity index (χ1n) is 9.85. The number of rotatable bonds is 5. The molecule has 4 rings (SSSR count). The summed E-state index contributed by atoms with van der Waals surface area (Å²) in [6.45, 7) is 2.82. The Labute approximate surface area is 175 Å². The number of carbonyl (C=O) groups excluding carboxylic acids is 1. The average molecular weight is 426 g/mol. The Hall–Kier alpha value is -3.04. The van der Waals surface area contributed by atoms with E-state index in [1.165, 1.54) is 10.4 Å². The summed E-state index contributed by atoms with van der Waals surface area (Å²) in [7, 11) is -3.62. The van der Waals surface area contributed by atoms with Crippen molar-refractivity contribution >= 4 is 21.6 Å². The Morgan fingerprint density at radius 1 is 1.07 bits per heavy atom. The molecule has 9 heteroatoms. The average Bonchev–Trinajstić information content (AvgIpc) is 3.29. The summed E-state index contributed by atoms with van der Waals surface area (Å²) < 4.78 is 29.1. The minimum Gasteiger partial charge on any atom is -0.320 e. The highest BCUT2D eigenvalue weighted by Crippen LogP contribution is 2.25. The van der Waals surface area contributed by atoms with Crippen molar-refractivity contribution < 1.29 is 13.2 Å². The monoisotopic (exact) mass is 425 g/mol. The Morgan fingerprint density at radius 2 is 1.83 bits per heavy atom. The van der Waals surface area contributed by atoms with E-state index in [9.17, 15) is 13.2 Å². The topological polar surface area (TPSA) is 97.2 Å². The summed E-state index contributed by atoms with van der Waals surface area (Å²) in [6, 6.07) is 11.9. The number of hydrogen-bond acceptors (Lipinski definition) is 5. The second kappa shape index (κ2) is 8.37. The summed E-state index contributed by atoms with van der Waals surface area (Å²) in [4.78, 5) is 13.2. The molecule has 1 fully saturated rings. The number of para-hydroxylation sites is 2. The van der Waals surface area contributed by atoms with Crippen LogP contribution >= 0.6 is 0 Å². The van der Waals surface area contributed by atoms with E-state index in [1.54, 1.807) is 48.3 Å². The van der Waals surface area contributed by atoms with Gasteiger partial charge in [0.2, 0.25) is 10.0 Å². The van der Waals surface area contributed by atoms with Gasteiger partial charge in [0.05, 0.1) is 28.7 Å². The lowest BCUT2D eigenvalue weighted by molar-refractivity contribution is 0.102. The Bertz CT molecular complexity index is 1150. The first kappa shape index (κ1) is 20.2. The van der Waals surface area contributed by atoms with E-state index < -0.39 is 10.0 Å². The van der Waals surface area contributed by atoms with Gasteiger partial charge < -0.3 is 5.32 Å². The van der Waals surface area contributed by atoms with Crippen LogP contribution in [0.3, 0.4) is 0 Å². The van der Waals surface area contributed by atoms with Gasteiger partial charge in [-0.05, 0) is 49.6 Å². The molecule has 156 valence electrons. The molecule has 0 bridgehead atoms. The molecular formula is C21H23N5O3S. The van der Waals surface area contributed by atoms with Gasteiger partial charge in [-0.15, -0.1) is 5.10 Å². The molecule has 1 aliphatic rings. The van der Waals surface area contributed by atoms with Crippen LogP contribution in [0.5, 0.6) is 0 Å². The van der Waals surface area contributed by atoms with Crippen molar-refractivity contribution in [2.75, 3.05) is 18.4 Å². The van der Waals surface area contributed by atoms with Gasteiger partial charge in [-0.2, -0.15) is 4.31 Å². The third kappa shape index (κ3) is 3.99. The molecule has 1 amide bonds. The summed E-state index contributed by atoms with van der Waals surface area (Å²) in [6.07, 6.45) is 5.99. The molecule has 0 aliphatic carbocycles. The maximum absolute atomic E-state index is 13.0. The maximum atomic E-state index is 13.0. The summed E-state index contributed by atoms with van der Waals surface area (Å²) in [5.41, 5.74) is 2.24. The van der Waals surface area contributed by atoms with Gasteiger partial charge in [0, 0.05) is 18.7 Å². The number of sulfonamides is 1. The van der Waals surface area contributed by atoms with Crippen molar-refractivity contribution in [3.05, 3.63) is 66.0 Å². The molecule has 1 aliphatic heterocycles. The van der Waals surface area contributed by atoms with Crippen molar-refractivity contribution in [3.8, 4) is 5.69 Å². The lowest BCUT2D eigenvalue weighted by atomic mass is 10.1. The molecule has 0 spiro atoms. The van der Waals surface area contributed by atoms with E-state index >= 15 is 0 Å². The molecule has 8 nitrogen and oxygen atoms in total. The third-order valence-electron chi connectivity index (χ3n) is 5.23. The van der Waals surface area contributed by atoms with Crippen LogP contribution in [0.25, 0.3) is 5.69 Å². The number of benzene rings is 2. The number of aromatic nitrogens is 3. The highest BCUT2D eigenvalue weighted by atomic mass is 32.2. The number of piperidine rings is 1. The Morgan fingerprint density at radius 3 is 2.57 bits per heavy atom. The van der Waals surface area contributed by atoms with Gasteiger partial charge >= 0.3 is 0 Å². The number of nitrogens with zero attached hydrogens (tertiary/aromatic N) is 4. The number of amides is 1. The number of nitrogens with one attached hydrogen (secondary N) is 1. The first-order valence-corrected chi connectivity index (χ1v) is 11.3. The molecule has 0 atom stereocenters. The van der Waals surface area contributed by atoms with Gasteiger partial charge in [-0.3, -0.25) is 4.79 Å². The van der Waals surface area contributed by atoms with Crippen LogP contribution in [-0.2, 0) is 10.0 Å². The molecule has 2 heterocycles. The van der Waals surface area contributed by atoms with E-state index in [0.29, 0.717) is 35.6 Å². The van der Waals surface area contributed by atoms with E-state index in [2.05, 4.69) is 15.6 Å². The standard InChI is InChI=1S/C21H23N5O3S/c1-16-9-10-17(30(28,29)25-12-5-2-6-13-25)15-18(16)21(27)23-19-7-3-4-8-20(19)26-14-11-22-24-26/h3-4,7-11,14-15H,2,5-6,12-13H2,1H3,(H,23,27). The predicted molar refractivity (Wildman–Crippen MR) is 113 cm³/mol. The quantitative estimate of drug-likeness (QED) is 0.678. The third-order valence-corrected chi connectivity index (χ3v) is 7.12. The Kier molecular flexibility index (Phi) is 5.65. The van der Waals surface area contributed by atoms with Crippen LogP contribution < -0.4 is 5.32 Å². The SMILES string of the molecule is Cc1ccc(S(=O)(=O)N2CCCCC2)cc1C(=O)Nc1ccccc1-n1ccnn1. The van der Waals surface area contributed by atoms with Crippen LogP contribution in [0.4, 0.5) is 5.69 Å². The lowest BCUT2D eigenvalue weighted by Gasteiger charge is -2.26. The number of carbonyl (C=O) groups is 1. The summed E-state index contributed by atoms with van der Waals surface area (Å²) in [5.74, 6) is -0.379. The molecule has 1 aromatic heterocycles. The van der Waals surface area contributed by atoms with Crippen LogP contribution in [0.15, 0.2) is 59.8 Å². The van der Waals surface area contributed by atoms with E-state index in [-0.39, 0.29) is 10.8 Å². The second-order valence-electron chi connectivity index (χ2n) is 7.26. The van der Waals surface area contributed by atoms with Crippen LogP contribution in [0.1, 0.15) is 35.2 Å². The largest absolute Gasteiger partial charge is 0.320 e. The normalized spacial score (nSPS) is 15.1. The minimum atomic E-state index is -3.62. The fraction of sp³-hybridized carbons (Fsp3) is 0.286. The van der Waals surface area contributed by atoms with Gasteiger partial charge in [0.25, 0.3) is 5.91 Å². The van der Waals surface area contributed by atoms with Crippen molar-refractivity contribution in [1.29, 1.82) is 0 Å². The molecule has 30 heavy (non-hydrogen) atoms. The molecule has 0 saturated carbocycles. The van der Waals surface area contributed by atoms with E-state index in [1.807, 2.05) is 12.1 Å². The van der Waals surface area contributed by atoms with Gasteiger partial charge in [0.1, 0.15) is 0 Å². The van der Waals surface area contributed by atoms with Gasteiger partial charge in [0.15, 0.2) is 0 Å². The van der Waals surface area contributed by atoms with E-state index in [4.69, 9.17) is 0 Å². The Balaban J connectivity index is 1.64. The second-order valence-corrected chi connectivity index (χ2v) is 9.20. The van der Waals surface area contributed by atoms with E-state index in [0.717, 1.165) is 19.3 Å². The van der Waals surface area contributed by atoms with Crippen molar-refractivity contribution in [2.45, 2.75) is 31.1 Å². The van der Waals surface area contributed by atoms with Crippen molar-refractivity contribution in [2.24, 2.45) is 0 Å². The van der Waals surface area contributed by atoms with Gasteiger partial charge in [-0.25, -0.2) is 13.1 Å². The first-order chi connectivity index (χ1) is 14.5. The molecular weight excluding hydrogens is 402 g/mol. The minimum absolute atomic E-state index is 0.143. The fourth-order valence-corrected chi connectivity index (χ4v) is 5.11. The molecule has 1 N–H and O–H groups in total. The van der Waals surface area contributed by atoms with Gasteiger partial charge in [-0.1, -0.05) is 29.8 Å². The van der Waals surface area contributed by atoms with Crippen LogP contribution in [-0.4, -0.2) is 46.7 Å². The zero-order chi connectivity index (χ0) is 21.1. The smallest absolute Gasteiger partial charge is 0.256 e. The lowest BCUT2D eigenvalue weighted by Crippen LogP contribution is -2.35. The molecule has 3 aromatic rings. The number of hydrogen-bond donors (Lipinski definition) is 1. The number of aryl methyl sites for hydroxylation is 1. The molecule has 2 aromatic carbocycles. The predicted octanol–water partition coefficient (Wildman–Crippen LogP) is 3.00. The highest BCUT2D eigenvalue weighted by molar-refractivity contribution is 7.89. The molecule has 0 unspecified atom stereocenters. The van der Waals surface area contributed by atoms with Crippen molar-refractivity contribution in [3.63, 3.8) is 0 Å².